The molecule has 0 saturated heterocycles. The average molecular weight is 391 g/mol. The van der Waals surface area contributed by atoms with Crippen LogP contribution >= 0.6 is 0 Å². The molecule has 1 aliphatic carbocycles. The predicted molar refractivity (Wildman–Crippen MR) is 129 cm³/mol. The van der Waals surface area contributed by atoms with Gasteiger partial charge in [-0.15, -0.1) is 0 Å². The van der Waals surface area contributed by atoms with Crippen molar-refractivity contribution in [3.63, 3.8) is 0 Å². The lowest BCUT2D eigenvalue weighted by Gasteiger charge is -2.37. The van der Waals surface area contributed by atoms with Crippen LogP contribution in [0, 0.1) is 11.8 Å². The van der Waals surface area contributed by atoms with Gasteiger partial charge in [0.25, 0.3) is 0 Å². The molecule has 0 spiro atoms. The largest absolute Gasteiger partial charge is 0.0627 e. The highest BCUT2D eigenvalue weighted by molar-refractivity contribution is 5.82. The molecule has 0 heteroatoms. The van der Waals surface area contributed by atoms with Gasteiger partial charge in [-0.25, -0.2) is 0 Å². The van der Waals surface area contributed by atoms with Crippen LogP contribution in [0.1, 0.15) is 104 Å². The van der Waals surface area contributed by atoms with Crippen LogP contribution in [-0.2, 0) is 16.2 Å². The Morgan fingerprint density at radius 2 is 0.966 bits per heavy atom. The molecule has 0 N–H and O–H groups in total. The van der Waals surface area contributed by atoms with Gasteiger partial charge in [-0.2, -0.15) is 0 Å². The normalized spacial score (nSPS) is 15.7. The summed E-state index contributed by atoms with van der Waals surface area (Å²) in [4.78, 5) is 0. The molecule has 29 heavy (non-hydrogen) atoms. The Bertz CT molecular complexity index is 806. The number of fused-ring (bicyclic) bond motifs is 3. The van der Waals surface area contributed by atoms with Gasteiger partial charge in [0.2, 0.25) is 0 Å². The Morgan fingerprint density at radius 1 is 0.621 bits per heavy atom. The van der Waals surface area contributed by atoms with E-state index < -0.39 is 0 Å². The highest BCUT2D eigenvalue weighted by atomic mass is 14.5. The Kier molecular flexibility index (Phi) is 5.57. The highest BCUT2D eigenvalue weighted by Gasteiger charge is 2.44. The summed E-state index contributed by atoms with van der Waals surface area (Å²) in [5.41, 5.74) is 9.46. The first kappa shape index (κ1) is 22.1. The minimum absolute atomic E-state index is 0.121. The lowest BCUT2D eigenvalue weighted by atomic mass is 9.66. The number of rotatable bonds is 4. The van der Waals surface area contributed by atoms with Crippen LogP contribution in [-0.4, -0.2) is 0 Å². The third kappa shape index (κ3) is 4.05. The molecule has 0 nitrogen and oxygen atoms in total. The van der Waals surface area contributed by atoms with Crippen molar-refractivity contribution in [3.05, 3.63) is 58.7 Å². The summed E-state index contributed by atoms with van der Waals surface area (Å²) >= 11 is 0. The first-order valence-corrected chi connectivity index (χ1v) is 11.6. The smallest absolute Gasteiger partial charge is 0.0220 e. The SMILES string of the molecule is CC(C)CC1(CC(C)C)c2cc(C(C)(C)C)ccc2-c2ccc(C(C)(C)C)cc21. The standard InChI is InChI=1S/C29H42/c1-19(2)17-29(18-20(3)4)25-15-21(27(5,6)7)11-13-23(25)24-14-12-22(16-26(24)29)28(8,9)10/h11-16,19-20H,17-18H2,1-10H3. The van der Waals surface area contributed by atoms with E-state index in [1.807, 2.05) is 0 Å². The van der Waals surface area contributed by atoms with E-state index in [0.29, 0.717) is 11.8 Å². The summed E-state index contributed by atoms with van der Waals surface area (Å²) in [6.45, 7) is 23.6. The Labute approximate surface area is 180 Å². The van der Waals surface area contributed by atoms with E-state index in [9.17, 15) is 0 Å². The Hall–Kier alpha value is -1.56. The molecule has 0 radical (unpaired) electrons. The zero-order valence-corrected chi connectivity index (χ0v) is 20.5. The van der Waals surface area contributed by atoms with Gasteiger partial charge in [0.05, 0.1) is 0 Å². The highest BCUT2D eigenvalue weighted by Crippen LogP contribution is 2.56. The number of hydrogen-bond donors (Lipinski definition) is 0. The maximum Gasteiger partial charge on any atom is 0.0220 e. The summed E-state index contributed by atoms with van der Waals surface area (Å²) in [6, 6.07) is 14.7. The first-order valence-electron chi connectivity index (χ1n) is 11.6. The summed E-state index contributed by atoms with van der Waals surface area (Å²) in [5.74, 6) is 1.31. The van der Waals surface area contributed by atoms with Gasteiger partial charge in [0.1, 0.15) is 0 Å². The van der Waals surface area contributed by atoms with Gasteiger partial charge < -0.3 is 0 Å². The molecule has 0 bridgehead atoms. The zero-order valence-electron chi connectivity index (χ0n) is 20.5. The van der Waals surface area contributed by atoms with E-state index in [4.69, 9.17) is 0 Å². The van der Waals surface area contributed by atoms with Crippen molar-refractivity contribution in [1.29, 1.82) is 0 Å². The third-order valence-corrected chi connectivity index (χ3v) is 6.61. The molecule has 0 aliphatic heterocycles. The van der Waals surface area contributed by atoms with E-state index in [0.717, 1.165) is 0 Å². The number of hydrogen-bond acceptors (Lipinski definition) is 0. The monoisotopic (exact) mass is 390 g/mol. The van der Waals surface area contributed by atoms with Gasteiger partial charge in [-0.1, -0.05) is 106 Å². The summed E-state index contributed by atoms with van der Waals surface area (Å²) < 4.78 is 0. The van der Waals surface area contributed by atoms with Crippen LogP contribution in [0.4, 0.5) is 0 Å². The lowest BCUT2D eigenvalue weighted by molar-refractivity contribution is 0.336. The van der Waals surface area contributed by atoms with Crippen molar-refractivity contribution in [2.75, 3.05) is 0 Å². The average Bonchev–Trinajstić information content (AvgIpc) is 2.81. The molecule has 0 fully saturated rings. The topological polar surface area (TPSA) is 0 Å². The molecule has 158 valence electrons. The van der Waals surface area contributed by atoms with Crippen LogP contribution in [0.5, 0.6) is 0 Å². The molecule has 0 atom stereocenters. The van der Waals surface area contributed by atoms with Gasteiger partial charge >= 0.3 is 0 Å². The van der Waals surface area contributed by atoms with E-state index in [-0.39, 0.29) is 16.2 Å². The van der Waals surface area contributed by atoms with E-state index in [2.05, 4.69) is 106 Å². The lowest BCUT2D eigenvalue weighted by Crippen LogP contribution is -2.30. The summed E-state index contributed by atoms with van der Waals surface area (Å²) in [5, 5.41) is 0. The molecule has 3 rings (SSSR count). The van der Waals surface area contributed by atoms with Crippen molar-refractivity contribution in [2.24, 2.45) is 11.8 Å². The van der Waals surface area contributed by atoms with E-state index in [1.54, 1.807) is 11.1 Å². The fourth-order valence-electron chi connectivity index (χ4n) is 5.35. The fraction of sp³-hybridized carbons (Fsp3) is 0.586. The van der Waals surface area contributed by atoms with Crippen molar-refractivity contribution in [2.45, 2.75) is 98.3 Å². The second-order valence-electron chi connectivity index (χ2n) is 12.3. The van der Waals surface area contributed by atoms with Crippen molar-refractivity contribution in [1.82, 2.24) is 0 Å². The minimum Gasteiger partial charge on any atom is -0.0627 e. The molecular formula is C29H42. The fourth-order valence-corrected chi connectivity index (χ4v) is 5.35. The quantitative estimate of drug-likeness (QED) is 0.490. The summed E-state index contributed by atoms with van der Waals surface area (Å²) in [7, 11) is 0. The maximum atomic E-state index is 2.55. The minimum atomic E-state index is 0.121. The molecule has 0 heterocycles. The predicted octanol–water partition coefficient (Wildman–Crippen LogP) is 8.64. The molecule has 1 aliphatic rings. The van der Waals surface area contributed by atoms with Crippen LogP contribution in [0.2, 0.25) is 0 Å². The first-order chi connectivity index (χ1) is 13.3. The van der Waals surface area contributed by atoms with E-state index >= 15 is 0 Å². The second-order valence-corrected chi connectivity index (χ2v) is 12.3. The van der Waals surface area contributed by atoms with Crippen molar-refractivity contribution >= 4 is 0 Å². The van der Waals surface area contributed by atoms with Crippen molar-refractivity contribution in [3.8, 4) is 11.1 Å². The van der Waals surface area contributed by atoms with Crippen molar-refractivity contribution < 1.29 is 0 Å². The van der Waals surface area contributed by atoms with Gasteiger partial charge in [0.15, 0.2) is 0 Å². The van der Waals surface area contributed by atoms with Gasteiger partial charge in [-0.05, 0) is 68.9 Å². The second kappa shape index (κ2) is 7.29. The Morgan fingerprint density at radius 3 is 1.24 bits per heavy atom. The molecule has 2 aromatic carbocycles. The summed E-state index contributed by atoms with van der Waals surface area (Å²) in [6.07, 6.45) is 2.43. The molecule has 0 unspecified atom stereocenters. The maximum absolute atomic E-state index is 2.55. The van der Waals surface area contributed by atoms with Crippen LogP contribution in [0.15, 0.2) is 36.4 Å². The number of benzene rings is 2. The third-order valence-electron chi connectivity index (χ3n) is 6.61. The molecule has 0 amide bonds. The molecule has 2 aromatic rings. The van der Waals surface area contributed by atoms with Crippen LogP contribution < -0.4 is 0 Å². The molecule has 0 saturated carbocycles. The molecule has 0 aromatic heterocycles. The van der Waals surface area contributed by atoms with Gasteiger partial charge in [-0.3, -0.25) is 0 Å². The zero-order chi connectivity index (χ0) is 21.8. The van der Waals surface area contributed by atoms with Crippen LogP contribution in [0.3, 0.4) is 0 Å². The van der Waals surface area contributed by atoms with E-state index in [1.165, 1.54) is 35.1 Å². The Balaban J connectivity index is 2.35. The molecular weight excluding hydrogens is 348 g/mol. The van der Waals surface area contributed by atoms with Gasteiger partial charge in [0, 0.05) is 5.41 Å². The van der Waals surface area contributed by atoms with Crippen LogP contribution in [0.25, 0.3) is 11.1 Å².